The first kappa shape index (κ1) is 18.0. The molecule has 0 saturated heterocycles. The van der Waals surface area contributed by atoms with E-state index in [1.165, 1.54) is 37.5 Å². The van der Waals surface area contributed by atoms with Gasteiger partial charge in [0.05, 0.1) is 7.11 Å². The van der Waals surface area contributed by atoms with E-state index in [1.54, 1.807) is 24.3 Å². The van der Waals surface area contributed by atoms with Crippen molar-refractivity contribution in [1.82, 2.24) is 0 Å². The second kappa shape index (κ2) is 8.49. The summed E-state index contributed by atoms with van der Waals surface area (Å²) in [5, 5.41) is 2.61. The second-order valence-corrected chi connectivity index (χ2v) is 4.99. The molecular formula is C18H17FN2O4. The molecule has 6 nitrogen and oxygen atoms in total. The Balaban J connectivity index is 2.03. The van der Waals surface area contributed by atoms with E-state index in [4.69, 9.17) is 15.2 Å². The summed E-state index contributed by atoms with van der Waals surface area (Å²) in [7, 11) is 1.46. The van der Waals surface area contributed by atoms with Crippen LogP contribution in [0.5, 0.6) is 11.5 Å². The molecule has 0 aliphatic rings. The van der Waals surface area contributed by atoms with Crippen molar-refractivity contribution in [1.29, 1.82) is 0 Å². The van der Waals surface area contributed by atoms with Gasteiger partial charge >= 0.3 is 0 Å². The van der Waals surface area contributed by atoms with Gasteiger partial charge in [-0.25, -0.2) is 4.39 Å². The van der Waals surface area contributed by atoms with E-state index < -0.39 is 5.91 Å². The average Bonchev–Trinajstić information content (AvgIpc) is 2.60. The molecule has 0 aromatic heterocycles. The lowest BCUT2D eigenvalue weighted by molar-refractivity contribution is -0.120. The Hall–Kier alpha value is -3.35. The highest BCUT2D eigenvalue weighted by atomic mass is 19.1. The maximum Gasteiger partial charge on any atom is 0.255 e. The predicted molar refractivity (Wildman–Crippen MR) is 91.7 cm³/mol. The fourth-order valence-corrected chi connectivity index (χ4v) is 1.95. The number of carbonyl (C=O) groups is 2. The smallest absolute Gasteiger partial charge is 0.255 e. The number of nitrogens with one attached hydrogen (secondary N) is 1. The van der Waals surface area contributed by atoms with Crippen LogP contribution in [-0.2, 0) is 9.59 Å². The monoisotopic (exact) mass is 344 g/mol. The Labute approximate surface area is 144 Å². The topological polar surface area (TPSA) is 90.7 Å². The highest BCUT2D eigenvalue weighted by Crippen LogP contribution is 2.28. The van der Waals surface area contributed by atoms with Crippen LogP contribution in [0.15, 0.2) is 48.5 Å². The Morgan fingerprint density at radius 2 is 1.88 bits per heavy atom. The number of anilines is 1. The van der Waals surface area contributed by atoms with E-state index >= 15 is 0 Å². The molecule has 25 heavy (non-hydrogen) atoms. The zero-order valence-electron chi connectivity index (χ0n) is 13.5. The van der Waals surface area contributed by atoms with Crippen LogP contribution in [0.1, 0.15) is 5.56 Å². The molecule has 0 saturated carbocycles. The van der Waals surface area contributed by atoms with Crippen LogP contribution in [0.3, 0.4) is 0 Å². The van der Waals surface area contributed by atoms with Gasteiger partial charge in [-0.1, -0.05) is 6.07 Å². The van der Waals surface area contributed by atoms with Crippen LogP contribution >= 0.6 is 0 Å². The molecule has 0 unspecified atom stereocenters. The molecule has 0 bridgehead atoms. The van der Waals surface area contributed by atoms with Crippen LogP contribution in [-0.4, -0.2) is 25.5 Å². The maximum absolute atomic E-state index is 12.8. The molecule has 0 spiro atoms. The molecule has 0 aliphatic carbocycles. The molecular weight excluding hydrogens is 327 g/mol. The normalized spacial score (nSPS) is 10.5. The summed E-state index contributed by atoms with van der Waals surface area (Å²) in [6.07, 6.45) is 2.92. The van der Waals surface area contributed by atoms with Gasteiger partial charge in [0, 0.05) is 11.8 Å². The van der Waals surface area contributed by atoms with Gasteiger partial charge in [-0.2, -0.15) is 0 Å². The van der Waals surface area contributed by atoms with Gasteiger partial charge in [-0.05, 0) is 48.0 Å². The van der Waals surface area contributed by atoms with Crippen molar-refractivity contribution >= 4 is 23.6 Å². The van der Waals surface area contributed by atoms with Crippen molar-refractivity contribution in [3.8, 4) is 11.5 Å². The van der Waals surface area contributed by atoms with Crippen LogP contribution < -0.4 is 20.5 Å². The molecule has 2 aromatic rings. The van der Waals surface area contributed by atoms with Crippen molar-refractivity contribution < 1.29 is 23.5 Å². The summed E-state index contributed by atoms with van der Waals surface area (Å²) < 4.78 is 23.2. The number of nitrogens with two attached hydrogens (primary N) is 1. The Bertz CT molecular complexity index is 788. The van der Waals surface area contributed by atoms with Crippen molar-refractivity contribution in [2.24, 2.45) is 5.73 Å². The Morgan fingerprint density at radius 1 is 1.16 bits per heavy atom. The number of halogens is 1. The van der Waals surface area contributed by atoms with Crippen LogP contribution in [0, 0.1) is 5.82 Å². The number of benzene rings is 2. The number of carbonyl (C=O) groups excluding carboxylic acids is 2. The van der Waals surface area contributed by atoms with Gasteiger partial charge < -0.3 is 20.5 Å². The fraction of sp³-hybridized carbons (Fsp3) is 0.111. The number of methoxy groups -OCH3 is 1. The standard InChI is InChI=1S/C18H17FN2O4/c1-24-16-10-12(2-8-15(16)25-11-17(20)22)3-9-18(23)21-14-6-4-13(19)5-7-14/h2-10H,11H2,1H3,(H2,20,22)(H,21,23)/b9-3+. The van der Waals surface area contributed by atoms with Crippen molar-refractivity contribution in [2.75, 3.05) is 19.0 Å². The molecule has 2 amide bonds. The van der Waals surface area contributed by atoms with E-state index in [2.05, 4.69) is 5.32 Å². The minimum Gasteiger partial charge on any atom is -0.493 e. The number of hydrogen-bond acceptors (Lipinski definition) is 4. The van der Waals surface area contributed by atoms with Gasteiger partial charge in [0.2, 0.25) is 5.91 Å². The number of primary amides is 1. The lowest BCUT2D eigenvalue weighted by Crippen LogP contribution is -2.20. The third-order valence-corrected chi connectivity index (χ3v) is 3.10. The molecule has 7 heteroatoms. The molecule has 0 atom stereocenters. The van der Waals surface area contributed by atoms with Gasteiger partial charge in [-0.15, -0.1) is 0 Å². The predicted octanol–water partition coefficient (Wildman–Crippen LogP) is 2.35. The zero-order chi connectivity index (χ0) is 18.2. The lowest BCUT2D eigenvalue weighted by Gasteiger charge is -2.10. The average molecular weight is 344 g/mol. The van der Waals surface area contributed by atoms with Crippen LogP contribution in [0.25, 0.3) is 6.08 Å². The van der Waals surface area contributed by atoms with E-state index in [-0.39, 0.29) is 18.3 Å². The summed E-state index contributed by atoms with van der Waals surface area (Å²) in [6.45, 7) is -0.258. The molecule has 0 aliphatic heterocycles. The third kappa shape index (κ3) is 5.65. The van der Waals surface area contributed by atoms with Gasteiger partial charge in [-0.3, -0.25) is 9.59 Å². The summed E-state index contributed by atoms with van der Waals surface area (Å²) in [5.41, 5.74) is 6.21. The Kier molecular flexibility index (Phi) is 6.11. The summed E-state index contributed by atoms with van der Waals surface area (Å²) in [4.78, 5) is 22.6. The van der Waals surface area contributed by atoms with E-state index in [0.29, 0.717) is 22.7 Å². The van der Waals surface area contributed by atoms with Gasteiger partial charge in [0.1, 0.15) is 5.82 Å². The minimum absolute atomic E-state index is 0.258. The van der Waals surface area contributed by atoms with E-state index in [1.807, 2.05) is 0 Å². The zero-order valence-corrected chi connectivity index (χ0v) is 13.5. The van der Waals surface area contributed by atoms with Crippen molar-refractivity contribution in [3.63, 3.8) is 0 Å². The largest absolute Gasteiger partial charge is 0.493 e. The number of amides is 2. The summed E-state index contributed by atoms with van der Waals surface area (Å²) in [5.74, 6) is -0.557. The molecule has 3 N–H and O–H groups in total. The SMILES string of the molecule is COc1cc(/C=C/C(=O)Nc2ccc(F)cc2)ccc1OCC(N)=O. The summed E-state index contributed by atoms with van der Waals surface area (Å²) in [6, 6.07) is 10.4. The first-order valence-electron chi connectivity index (χ1n) is 7.31. The first-order chi connectivity index (χ1) is 12.0. The van der Waals surface area contributed by atoms with Gasteiger partial charge in [0.15, 0.2) is 18.1 Å². The van der Waals surface area contributed by atoms with Crippen molar-refractivity contribution in [2.45, 2.75) is 0 Å². The second-order valence-electron chi connectivity index (χ2n) is 4.99. The van der Waals surface area contributed by atoms with Crippen LogP contribution in [0.4, 0.5) is 10.1 Å². The number of ether oxygens (including phenoxy) is 2. The first-order valence-corrected chi connectivity index (χ1v) is 7.31. The highest BCUT2D eigenvalue weighted by Gasteiger charge is 2.06. The quantitative estimate of drug-likeness (QED) is 0.755. The minimum atomic E-state index is -0.594. The van der Waals surface area contributed by atoms with Crippen molar-refractivity contribution in [3.05, 3.63) is 59.9 Å². The van der Waals surface area contributed by atoms with Crippen LogP contribution in [0.2, 0.25) is 0 Å². The molecule has 0 fully saturated rings. The maximum atomic E-state index is 12.8. The Morgan fingerprint density at radius 3 is 2.52 bits per heavy atom. The molecule has 2 aromatic carbocycles. The lowest BCUT2D eigenvalue weighted by atomic mass is 10.2. The number of rotatable bonds is 7. The highest BCUT2D eigenvalue weighted by molar-refractivity contribution is 6.01. The van der Waals surface area contributed by atoms with E-state index in [9.17, 15) is 14.0 Å². The molecule has 0 heterocycles. The van der Waals surface area contributed by atoms with Gasteiger partial charge in [0.25, 0.3) is 5.91 Å². The molecule has 0 radical (unpaired) electrons. The fourth-order valence-electron chi connectivity index (χ4n) is 1.95. The third-order valence-electron chi connectivity index (χ3n) is 3.10. The molecule has 130 valence electrons. The summed E-state index contributed by atoms with van der Waals surface area (Å²) >= 11 is 0. The molecule has 2 rings (SSSR count). The van der Waals surface area contributed by atoms with E-state index in [0.717, 1.165) is 0 Å². The number of hydrogen-bond donors (Lipinski definition) is 2.